The van der Waals surface area contributed by atoms with Crippen LogP contribution < -0.4 is 9.80 Å². The van der Waals surface area contributed by atoms with Crippen molar-refractivity contribution < 1.29 is 19.5 Å². The van der Waals surface area contributed by atoms with Crippen molar-refractivity contribution in [2.75, 3.05) is 22.9 Å². The van der Waals surface area contributed by atoms with Gasteiger partial charge in [0.05, 0.1) is 16.2 Å². The maximum Gasteiger partial charge on any atom is 0.309 e. The number of rotatable bonds is 8. The van der Waals surface area contributed by atoms with Gasteiger partial charge in [0.15, 0.2) is 0 Å². The molecule has 0 bridgehead atoms. The summed E-state index contributed by atoms with van der Waals surface area (Å²) in [5.74, 6) is -1.28. The number of carbonyl (C=O) groups excluding carboxylic acids is 2. The minimum atomic E-state index is -0.827. The number of nitrogens with zero attached hydrogens (tertiary/aromatic N) is 2. The first kappa shape index (κ1) is 26.9. The van der Waals surface area contributed by atoms with Crippen LogP contribution in [0.15, 0.2) is 60.7 Å². The molecular formula is C29H31ClN2O4S. The Morgan fingerprint density at radius 1 is 1.08 bits per heavy atom. The predicted octanol–water partition coefficient (Wildman–Crippen LogP) is 6.63. The summed E-state index contributed by atoms with van der Waals surface area (Å²) in [5, 5.41) is 9.99. The molecule has 1 aromatic heterocycles. The van der Waals surface area contributed by atoms with E-state index in [1.165, 1.54) is 11.3 Å². The molecule has 3 aromatic rings. The Bertz CT molecular complexity index is 1300. The molecule has 2 heterocycles. The maximum atomic E-state index is 13.7. The molecule has 4 rings (SSSR count). The van der Waals surface area contributed by atoms with Gasteiger partial charge in [0.2, 0.25) is 5.91 Å². The first-order valence-corrected chi connectivity index (χ1v) is 13.6. The van der Waals surface area contributed by atoms with Crippen LogP contribution in [0.25, 0.3) is 0 Å². The van der Waals surface area contributed by atoms with Crippen molar-refractivity contribution in [2.45, 2.75) is 46.0 Å². The molecule has 0 saturated heterocycles. The van der Waals surface area contributed by atoms with Crippen LogP contribution in [0.5, 0.6) is 0 Å². The molecule has 2 aromatic carbocycles. The fourth-order valence-electron chi connectivity index (χ4n) is 4.61. The first-order valence-electron chi connectivity index (χ1n) is 12.4. The normalized spacial score (nSPS) is 15.2. The molecule has 2 amide bonds. The highest BCUT2D eigenvalue weighted by molar-refractivity contribution is 7.14. The zero-order chi connectivity index (χ0) is 26.7. The van der Waals surface area contributed by atoms with E-state index in [-0.39, 0.29) is 17.7 Å². The molecule has 1 aliphatic rings. The standard InChI is InChI=1S/C29H31ClN2O4S/c1-4-31(20-11-9-19(30)10-12-20)26(33)23-16-18-32(24-8-6-5-7-22(23)24)27(34)25-14-13-21(37-25)15-17-29(2,3)28(35)36/h5-14,23H,4,15-18H2,1-3H3,(H,35,36)/t23-/m0/s1. The average Bonchev–Trinajstić information content (AvgIpc) is 3.37. The number of para-hydroxylation sites is 1. The molecule has 6 nitrogen and oxygen atoms in total. The number of halogens is 1. The second-order valence-corrected chi connectivity index (χ2v) is 11.5. The molecule has 0 fully saturated rings. The number of fused-ring (bicyclic) bond motifs is 1. The SMILES string of the molecule is CCN(C(=O)[C@H]1CCN(C(=O)c2ccc(CCC(C)(C)C(=O)O)s2)c2ccccc21)c1ccc(Cl)cc1. The Morgan fingerprint density at radius 2 is 1.78 bits per heavy atom. The van der Waals surface area contributed by atoms with Crippen molar-refractivity contribution in [1.29, 1.82) is 0 Å². The van der Waals surface area contributed by atoms with E-state index in [0.717, 1.165) is 21.8 Å². The molecule has 1 N–H and O–H groups in total. The second kappa shape index (κ2) is 11.1. The number of carbonyl (C=O) groups is 3. The quantitative estimate of drug-likeness (QED) is 0.349. The molecule has 0 spiro atoms. The zero-order valence-corrected chi connectivity index (χ0v) is 22.8. The Hall–Kier alpha value is -3.16. The van der Waals surface area contributed by atoms with Crippen molar-refractivity contribution in [3.63, 3.8) is 0 Å². The molecule has 0 unspecified atom stereocenters. The fourth-order valence-corrected chi connectivity index (χ4v) is 5.69. The summed E-state index contributed by atoms with van der Waals surface area (Å²) in [6, 6.07) is 18.6. The van der Waals surface area contributed by atoms with Crippen LogP contribution in [-0.4, -0.2) is 36.0 Å². The topological polar surface area (TPSA) is 77.9 Å². The van der Waals surface area contributed by atoms with Crippen molar-refractivity contribution in [3.05, 3.63) is 81.0 Å². The monoisotopic (exact) mass is 538 g/mol. The number of likely N-dealkylation sites (N-methyl/N-ethyl adjacent to an activating group) is 1. The van der Waals surface area contributed by atoms with Gasteiger partial charge < -0.3 is 14.9 Å². The average molecular weight is 539 g/mol. The lowest BCUT2D eigenvalue weighted by molar-refractivity contribution is -0.147. The van der Waals surface area contributed by atoms with Gasteiger partial charge in [-0.05, 0) is 88.1 Å². The number of anilines is 2. The number of thiophene rings is 1. The highest BCUT2D eigenvalue weighted by Gasteiger charge is 2.35. The van der Waals surface area contributed by atoms with Gasteiger partial charge in [-0.15, -0.1) is 11.3 Å². The highest BCUT2D eigenvalue weighted by Crippen LogP contribution is 2.38. The van der Waals surface area contributed by atoms with Gasteiger partial charge in [0, 0.05) is 34.4 Å². The summed E-state index contributed by atoms with van der Waals surface area (Å²) in [6.07, 6.45) is 1.62. The molecule has 1 atom stereocenters. The summed E-state index contributed by atoms with van der Waals surface area (Å²) in [7, 11) is 0. The minimum Gasteiger partial charge on any atom is -0.481 e. The van der Waals surface area contributed by atoms with Crippen LogP contribution in [-0.2, 0) is 16.0 Å². The van der Waals surface area contributed by atoms with E-state index in [4.69, 9.17) is 11.6 Å². The van der Waals surface area contributed by atoms with Gasteiger partial charge >= 0.3 is 5.97 Å². The lowest BCUT2D eigenvalue weighted by atomic mass is 9.88. The molecule has 0 radical (unpaired) electrons. The fraction of sp³-hybridized carbons (Fsp3) is 0.345. The highest BCUT2D eigenvalue weighted by atomic mass is 35.5. The number of hydrogen-bond donors (Lipinski definition) is 1. The Balaban J connectivity index is 1.54. The summed E-state index contributed by atoms with van der Waals surface area (Å²) in [4.78, 5) is 43.8. The number of aryl methyl sites for hydroxylation is 1. The van der Waals surface area contributed by atoms with Gasteiger partial charge in [-0.1, -0.05) is 29.8 Å². The van der Waals surface area contributed by atoms with Crippen LogP contribution >= 0.6 is 22.9 Å². The van der Waals surface area contributed by atoms with E-state index in [1.807, 2.05) is 55.5 Å². The van der Waals surface area contributed by atoms with Crippen LogP contribution in [0.1, 0.15) is 59.6 Å². The molecule has 37 heavy (non-hydrogen) atoms. The van der Waals surface area contributed by atoms with E-state index >= 15 is 0 Å². The van der Waals surface area contributed by atoms with E-state index in [2.05, 4.69) is 0 Å². The van der Waals surface area contributed by atoms with E-state index < -0.39 is 11.4 Å². The van der Waals surface area contributed by atoms with Crippen LogP contribution in [0.3, 0.4) is 0 Å². The van der Waals surface area contributed by atoms with E-state index in [9.17, 15) is 19.5 Å². The summed E-state index contributed by atoms with van der Waals surface area (Å²) >= 11 is 7.44. The molecule has 0 saturated carbocycles. The van der Waals surface area contributed by atoms with Crippen molar-refractivity contribution in [1.82, 2.24) is 0 Å². The number of carboxylic acid groups (broad SMARTS) is 1. The van der Waals surface area contributed by atoms with Crippen LogP contribution in [0.2, 0.25) is 5.02 Å². The Labute approximate surface area is 226 Å². The lowest BCUT2D eigenvalue weighted by Gasteiger charge is -2.35. The third-order valence-corrected chi connectivity index (χ3v) is 8.34. The van der Waals surface area contributed by atoms with E-state index in [1.54, 1.807) is 35.8 Å². The first-order chi connectivity index (χ1) is 17.6. The molecule has 194 valence electrons. The number of benzene rings is 2. The number of amides is 2. The molecule has 0 aliphatic carbocycles. The third-order valence-electron chi connectivity index (χ3n) is 6.96. The Kier molecular flexibility index (Phi) is 8.05. The third kappa shape index (κ3) is 5.73. The van der Waals surface area contributed by atoms with Gasteiger partial charge in [0.25, 0.3) is 5.91 Å². The Morgan fingerprint density at radius 3 is 2.46 bits per heavy atom. The largest absolute Gasteiger partial charge is 0.481 e. The predicted molar refractivity (Wildman–Crippen MR) is 149 cm³/mol. The second-order valence-electron chi connectivity index (χ2n) is 9.87. The smallest absolute Gasteiger partial charge is 0.309 e. The lowest BCUT2D eigenvalue weighted by Crippen LogP contribution is -2.42. The van der Waals surface area contributed by atoms with Crippen molar-refractivity contribution in [3.8, 4) is 0 Å². The molecular weight excluding hydrogens is 508 g/mol. The molecule has 8 heteroatoms. The van der Waals surface area contributed by atoms with Gasteiger partial charge in [-0.2, -0.15) is 0 Å². The minimum absolute atomic E-state index is 0.00354. The summed E-state index contributed by atoms with van der Waals surface area (Å²) in [6.45, 7) is 6.33. The summed E-state index contributed by atoms with van der Waals surface area (Å²) < 4.78 is 0. The number of hydrogen-bond acceptors (Lipinski definition) is 4. The maximum absolute atomic E-state index is 13.7. The van der Waals surface area contributed by atoms with Gasteiger partial charge in [-0.25, -0.2) is 0 Å². The van der Waals surface area contributed by atoms with E-state index in [0.29, 0.717) is 42.3 Å². The zero-order valence-electron chi connectivity index (χ0n) is 21.2. The van der Waals surface area contributed by atoms with Crippen molar-refractivity contribution in [2.24, 2.45) is 5.41 Å². The van der Waals surface area contributed by atoms with Crippen LogP contribution in [0, 0.1) is 5.41 Å². The number of carboxylic acids is 1. The summed E-state index contributed by atoms with van der Waals surface area (Å²) in [5.41, 5.74) is 1.58. The number of aliphatic carboxylic acids is 1. The molecule has 1 aliphatic heterocycles. The van der Waals surface area contributed by atoms with Crippen molar-refractivity contribution >= 4 is 52.1 Å². The van der Waals surface area contributed by atoms with Gasteiger partial charge in [-0.3, -0.25) is 14.4 Å². The van der Waals surface area contributed by atoms with Gasteiger partial charge in [0.1, 0.15) is 0 Å². The van der Waals surface area contributed by atoms with Crippen LogP contribution in [0.4, 0.5) is 11.4 Å².